The van der Waals surface area contributed by atoms with E-state index in [0.29, 0.717) is 16.8 Å². The number of aromatic hydroxyl groups is 1. The van der Waals surface area contributed by atoms with E-state index in [2.05, 4.69) is 34.7 Å². The average Bonchev–Trinajstić information content (AvgIpc) is 2.85. The summed E-state index contributed by atoms with van der Waals surface area (Å²) >= 11 is 1.29. The number of benzene rings is 1. The molecule has 1 aromatic carbocycles. The van der Waals surface area contributed by atoms with Crippen molar-refractivity contribution in [3.8, 4) is 5.75 Å². The first-order valence-electron chi connectivity index (χ1n) is 6.52. The molecule has 1 heterocycles. The molecular weight excluding hydrogens is 290 g/mol. The molecule has 0 aliphatic heterocycles. The number of nitrogens with one attached hydrogen (secondary N) is 1. The lowest BCUT2D eigenvalue weighted by atomic mass is 10.2. The molecular formula is C13H17N5O2S. The number of carbonyl (C=O) groups is 1. The minimum atomic E-state index is -0.148. The predicted octanol–water partition coefficient (Wildman–Crippen LogP) is 1.77. The fourth-order valence-corrected chi connectivity index (χ4v) is 2.32. The molecule has 0 unspecified atom stereocenters. The Hall–Kier alpha value is -2.09. The van der Waals surface area contributed by atoms with Crippen molar-refractivity contribution >= 4 is 23.4 Å². The third kappa shape index (κ3) is 4.75. The predicted molar refractivity (Wildman–Crippen MR) is 80.1 cm³/mol. The van der Waals surface area contributed by atoms with Crippen LogP contribution in [0.4, 0.5) is 5.69 Å². The van der Waals surface area contributed by atoms with Crippen molar-refractivity contribution < 1.29 is 9.90 Å². The fourth-order valence-electron chi connectivity index (χ4n) is 1.63. The number of hydrogen-bond acceptors (Lipinski definition) is 6. The van der Waals surface area contributed by atoms with Crippen LogP contribution >= 0.6 is 11.8 Å². The molecule has 1 amide bonds. The molecule has 0 saturated heterocycles. The lowest BCUT2D eigenvalue weighted by Gasteiger charge is -2.07. The van der Waals surface area contributed by atoms with Crippen molar-refractivity contribution in [1.29, 1.82) is 0 Å². The quantitative estimate of drug-likeness (QED) is 0.624. The van der Waals surface area contributed by atoms with Gasteiger partial charge in [0.25, 0.3) is 0 Å². The van der Waals surface area contributed by atoms with Gasteiger partial charge in [-0.05, 0) is 40.6 Å². The van der Waals surface area contributed by atoms with E-state index in [1.165, 1.54) is 23.9 Å². The zero-order chi connectivity index (χ0) is 15.2. The Balaban J connectivity index is 1.86. The standard InChI is InChI=1S/C13H17N5O2S/c1-9(2)7-18-13(15-16-17-18)21-8-12(20)14-10-3-5-11(19)6-4-10/h3-6,9,19H,7-8H2,1-2H3,(H,14,20). The maximum atomic E-state index is 11.9. The number of carbonyl (C=O) groups excluding carboxylic acids is 1. The molecule has 2 N–H and O–H groups in total. The van der Waals surface area contributed by atoms with Crippen LogP contribution in [0.15, 0.2) is 29.4 Å². The molecule has 0 fully saturated rings. The van der Waals surface area contributed by atoms with Gasteiger partial charge in [0.05, 0.1) is 5.75 Å². The van der Waals surface area contributed by atoms with Gasteiger partial charge in [-0.2, -0.15) is 0 Å². The van der Waals surface area contributed by atoms with Gasteiger partial charge in [-0.25, -0.2) is 4.68 Å². The Labute approximate surface area is 126 Å². The molecule has 0 radical (unpaired) electrons. The van der Waals surface area contributed by atoms with E-state index in [1.807, 2.05) is 0 Å². The Morgan fingerprint density at radius 3 is 2.76 bits per heavy atom. The minimum Gasteiger partial charge on any atom is -0.508 e. The highest BCUT2D eigenvalue weighted by atomic mass is 32.2. The zero-order valence-corrected chi connectivity index (χ0v) is 12.7. The summed E-state index contributed by atoms with van der Waals surface area (Å²) in [6.45, 7) is 4.87. The molecule has 8 heteroatoms. The number of hydrogen-bond donors (Lipinski definition) is 2. The van der Waals surface area contributed by atoms with Crippen LogP contribution in [0, 0.1) is 5.92 Å². The summed E-state index contributed by atoms with van der Waals surface area (Å²) in [4.78, 5) is 11.9. The van der Waals surface area contributed by atoms with Gasteiger partial charge in [-0.3, -0.25) is 4.79 Å². The van der Waals surface area contributed by atoms with E-state index in [1.54, 1.807) is 16.8 Å². The number of anilines is 1. The summed E-state index contributed by atoms with van der Waals surface area (Å²) in [5.74, 6) is 0.665. The van der Waals surface area contributed by atoms with Crippen LogP contribution in [0.2, 0.25) is 0 Å². The minimum absolute atomic E-state index is 0.148. The van der Waals surface area contributed by atoms with E-state index in [9.17, 15) is 9.90 Å². The molecule has 2 aromatic rings. The largest absolute Gasteiger partial charge is 0.508 e. The number of phenolic OH excluding ortho intramolecular Hbond substituents is 1. The maximum absolute atomic E-state index is 11.9. The Morgan fingerprint density at radius 2 is 2.10 bits per heavy atom. The van der Waals surface area contributed by atoms with Gasteiger partial charge in [-0.1, -0.05) is 25.6 Å². The second-order valence-electron chi connectivity index (χ2n) is 4.92. The number of thioether (sulfide) groups is 1. The van der Waals surface area contributed by atoms with Crippen LogP contribution in [-0.2, 0) is 11.3 Å². The van der Waals surface area contributed by atoms with Crippen molar-refractivity contribution in [2.45, 2.75) is 25.5 Å². The van der Waals surface area contributed by atoms with Gasteiger partial charge in [0.15, 0.2) is 0 Å². The molecule has 0 saturated carbocycles. The molecule has 1 aromatic heterocycles. The summed E-state index contributed by atoms with van der Waals surface area (Å²) < 4.78 is 1.70. The Morgan fingerprint density at radius 1 is 1.38 bits per heavy atom. The van der Waals surface area contributed by atoms with Crippen molar-refractivity contribution in [3.63, 3.8) is 0 Å². The average molecular weight is 307 g/mol. The molecule has 0 aliphatic carbocycles. The summed E-state index contributed by atoms with van der Waals surface area (Å²) in [5.41, 5.74) is 0.639. The number of tetrazole rings is 1. The van der Waals surface area contributed by atoms with Crippen molar-refractivity contribution in [3.05, 3.63) is 24.3 Å². The normalized spacial score (nSPS) is 10.8. The number of aromatic nitrogens is 4. The van der Waals surface area contributed by atoms with E-state index in [-0.39, 0.29) is 17.4 Å². The van der Waals surface area contributed by atoms with E-state index in [0.717, 1.165) is 6.54 Å². The van der Waals surface area contributed by atoms with Crippen LogP contribution < -0.4 is 5.32 Å². The topological polar surface area (TPSA) is 92.9 Å². The SMILES string of the molecule is CC(C)Cn1nnnc1SCC(=O)Nc1ccc(O)cc1. The smallest absolute Gasteiger partial charge is 0.234 e. The number of nitrogens with zero attached hydrogens (tertiary/aromatic N) is 4. The molecule has 0 atom stereocenters. The highest BCUT2D eigenvalue weighted by Crippen LogP contribution is 2.17. The summed E-state index contributed by atoms with van der Waals surface area (Å²) in [5, 5.41) is 24.0. The van der Waals surface area contributed by atoms with E-state index < -0.39 is 0 Å². The highest BCUT2D eigenvalue weighted by molar-refractivity contribution is 7.99. The summed E-state index contributed by atoms with van der Waals surface area (Å²) in [6.07, 6.45) is 0. The van der Waals surface area contributed by atoms with E-state index >= 15 is 0 Å². The van der Waals surface area contributed by atoms with Crippen LogP contribution in [-0.4, -0.2) is 37.0 Å². The fraction of sp³-hybridized carbons (Fsp3) is 0.385. The van der Waals surface area contributed by atoms with Gasteiger partial charge in [-0.15, -0.1) is 5.10 Å². The third-order valence-electron chi connectivity index (χ3n) is 2.52. The zero-order valence-electron chi connectivity index (χ0n) is 11.9. The highest BCUT2D eigenvalue weighted by Gasteiger charge is 2.11. The van der Waals surface area contributed by atoms with Crippen LogP contribution in [0.3, 0.4) is 0 Å². The van der Waals surface area contributed by atoms with Gasteiger partial charge in [0, 0.05) is 12.2 Å². The van der Waals surface area contributed by atoms with Crippen LogP contribution in [0.5, 0.6) is 5.75 Å². The summed E-state index contributed by atoms with van der Waals surface area (Å²) in [6, 6.07) is 6.32. The first-order chi connectivity index (χ1) is 10.0. The second-order valence-corrected chi connectivity index (χ2v) is 5.86. The molecule has 0 spiro atoms. The monoisotopic (exact) mass is 307 g/mol. The van der Waals surface area contributed by atoms with Crippen molar-refractivity contribution in [2.75, 3.05) is 11.1 Å². The molecule has 21 heavy (non-hydrogen) atoms. The molecule has 2 rings (SSSR count). The maximum Gasteiger partial charge on any atom is 0.234 e. The van der Waals surface area contributed by atoms with Gasteiger partial charge in [0.2, 0.25) is 11.1 Å². The molecule has 0 bridgehead atoms. The first-order valence-corrected chi connectivity index (χ1v) is 7.51. The van der Waals surface area contributed by atoms with Gasteiger partial charge < -0.3 is 10.4 Å². The number of phenols is 1. The van der Waals surface area contributed by atoms with Crippen LogP contribution in [0.1, 0.15) is 13.8 Å². The van der Waals surface area contributed by atoms with Crippen molar-refractivity contribution in [2.24, 2.45) is 5.92 Å². The Bertz CT molecular complexity index is 597. The number of rotatable bonds is 6. The molecule has 112 valence electrons. The first kappa shape index (κ1) is 15.3. The molecule has 0 aliphatic rings. The third-order valence-corrected chi connectivity index (χ3v) is 3.48. The molecule has 7 nitrogen and oxygen atoms in total. The van der Waals surface area contributed by atoms with Crippen LogP contribution in [0.25, 0.3) is 0 Å². The van der Waals surface area contributed by atoms with E-state index in [4.69, 9.17) is 0 Å². The number of amides is 1. The lowest BCUT2D eigenvalue weighted by molar-refractivity contribution is -0.113. The van der Waals surface area contributed by atoms with Gasteiger partial charge in [0.1, 0.15) is 5.75 Å². The Kier molecular flexibility index (Phi) is 5.15. The van der Waals surface area contributed by atoms with Crippen molar-refractivity contribution in [1.82, 2.24) is 20.2 Å². The van der Waals surface area contributed by atoms with Gasteiger partial charge >= 0.3 is 0 Å². The second kappa shape index (κ2) is 7.07. The lowest BCUT2D eigenvalue weighted by Crippen LogP contribution is -2.15. The summed E-state index contributed by atoms with van der Waals surface area (Å²) in [7, 11) is 0.